The maximum Gasteiger partial charge on any atom is 0.338 e. The van der Waals surface area contributed by atoms with Crippen LogP contribution in [0.4, 0.5) is 0 Å². The van der Waals surface area contributed by atoms with Crippen molar-refractivity contribution in [1.82, 2.24) is 4.72 Å². The predicted octanol–water partition coefficient (Wildman–Crippen LogP) is 3.58. The van der Waals surface area contributed by atoms with Crippen LogP contribution in [0.2, 0.25) is 0 Å². The second kappa shape index (κ2) is 7.12. The van der Waals surface area contributed by atoms with Crippen LogP contribution in [0.5, 0.6) is 0 Å². The summed E-state index contributed by atoms with van der Waals surface area (Å²) in [5, 5.41) is 0. The summed E-state index contributed by atoms with van der Waals surface area (Å²) in [7, 11) is 1.40. The second-order valence-electron chi connectivity index (χ2n) is 4.38. The summed E-state index contributed by atoms with van der Waals surface area (Å²) >= 11 is 1.55. The SMILES string of the molecule is COC(=O)c1ccccc1CNSc1ccc(C)cc1. The molecule has 0 aliphatic rings. The van der Waals surface area contributed by atoms with E-state index in [4.69, 9.17) is 4.74 Å². The highest BCUT2D eigenvalue weighted by Crippen LogP contribution is 2.17. The van der Waals surface area contributed by atoms with Crippen molar-refractivity contribution in [2.75, 3.05) is 7.11 Å². The van der Waals surface area contributed by atoms with Crippen LogP contribution in [0.1, 0.15) is 21.5 Å². The average Bonchev–Trinajstić information content (AvgIpc) is 2.49. The Bertz CT molecular complexity index is 581. The molecule has 0 atom stereocenters. The number of carbonyl (C=O) groups excluding carboxylic acids is 1. The first-order chi connectivity index (χ1) is 9.70. The van der Waals surface area contributed by atoms with E-state index in [1.165, 1.54) is 12.7 Å². The van der Waals surface area contributed by atoms with Crippen molar-refractivity contribution in [2.45, 2.75) is 18.4 Å². The number of methoxy groups -OCH3 is 1. The highest BCUT2D eigenvalue weighted by Gasteiger charge is 2.10. The van der Waals surface area contributed by atoms with Crippen LogP contribution >= 0.6 is 11.9 Å². The van der Waals surface area contributed by atoms with Gasteiger partial charge in [0.05, 0.1) is 12.7 Å². The van der Waals surface area contributed by atoms with Crippen LogP contribution in [0, 0.1) is 6.92 Å². The largest absolute Gasteiger partial charge is 0.465 e. The molecule has 3 nitrogen and oxygen atoms in total. The zero-order valence-corrected chi connectivity index (χ0v) is 12.4. The third-order valence-electron chi connectivity index (χ3n) is 2.90. The fourth-order valence-corrected chi connectivity index (χ4v) is 2.45. The van der Waals surface area contributed by atoms with Crippen molar-refractivity contribution in [1.29, 1.82) is 0 Å². The number of benzene rings is 2. The van der Waals surface area contributed by atoms with Crippen molar-refractivity contribution in [3.05, 3.63) is 65.2 Å². The summed E-state index contributed by atoms with van der Waals surface area (Å²) in [4.78, 5) is 12.8. The molecule has 2 aromatic carbocycles. The first-order valence-corrected chi connectivity index (χ1v) is 7.15. The molecule has 0 heterocycles. The number of ether oxygens (including phenoxy) is 1. The highest BCUT2D eigenvalue weighted by atomic mass is 32.2. The van der Waals surface area contributed by atoms with Gasteiger partial charge in [-0.25, -0.2) is 4.79 Å². The molecular weight excluding hydrogens is 270 g/mol. The van der Waals surface area contributed by atoms with Gasteiger partial charge in [0.25, 0.3) is 0 Å². The van der Waals surface area contributed by atoms with Crippen molar-refractivity contribution in [3.8, 4) is 0 Å². The van der Waals surface area contributed by atoms with E-state index in [1.807, 2.05) is 18.2 Å². The van der Waals surface area contributed by atoms with E-state index in [0.29, 0.717) is 12.1 Å². The van der Waals surface area contributed by atoms with Gasteiger partial charge in [-0.05, 0) is 42.6 Å². The lowest BCUT2D eigenvalue weighted by Crippen LogP contribution is -2.10. The number of hydrogen-bond acceptors (Lipinski definition) is 4. The molecule has 0 aliphatic heterocycles. The van der Waals surface area contributed by atoms with E-state index >= 15 is 0 Å². The highest BCUT2D eigenvalue weighted by molar-refractivity contribution is 7.97. The lowest BCUT2D eigenvalue weighted by atomic mass is 10.1. The first kappa shape index (κ1) is 14.6. The Hall–Kier alpha value is -1.78. The Labute approximate surface area is 123 Å². The zero-order valence-electron chi connectivity index (χ0n) is 11.6. The Morgan fingerprint density at radius 3 is 2.55 bits per heavy atom. The van der Waals surface area contributed by atoms with Gasteiger partial charge >= 0.3 is 5.97 Å². The second-order valence-corrected chi connectivity index (χ2v) is 5.35. The standard InChI is InChI=1S/C16H17NO2S/c1-12-7-9-14(10-8-12)20-17-11-13-5-3-4-6-15(13)16(18)19-2/h3-10,17H,11H2,1-2H3. The van der Waals surface area contributed by atoms with E-state index in [9.17, 15) is 4.79 Å². The molecule has 20 heavy (non-hydrogen) atoms. The first-order valence-electron chi connectivity index (χ1n) is 6.33. The lowest BCUT2D eigenvalue weighted by molar-refractivity contribution is 0.0599. The molecule has 0 aromatic heterocycles. The Morgan fingerprint density at radius 1 is 1.15 bits per heavy atom. The third kappa shape index (κ3) is 3.85. The zero-order chi connectivity index (χ0) is 14.4. The molecule has 0 aliphatic carbocycles. The van der Waals surface area contributed by atoms with E-state index in [0.717, 1.165) is 10.5 Å². The number of nitrogens with one attached hydrogen (secondary N) is 1. The molecular formula is C16H17NO2S. The fourth-order valence-electron chi connectivity index (χ4n) is 1.79. The van der Waals surface area contributed by atoms with Gasteiger partial charge < -0.3 is 4.74 Å². The normalized spacial score (nSPS) is 10.3. The fraction of sp³-hybridized carbons (Fsp3) is 0.188. The minimum Gasteiger partial charge on any atom is -0.465 e. The molecule has 4 heteroatoms. The van der Waals surface area contributed by atoms with E-state index in [1.54, 1.807) is 18.0 Å². The van der Waals surface area contributed by atoms with Crippen molar-refractivity contribution in [2.24, 2.45) is 0 Å². The van der Waals surface area contributed by atoms with Crippen molar-refractivity contribution >= 4 is 17.9 Å². The molecule has 0 fully saturated rings. The van der Waals surface area contributed by atoms with Gasteiger partial charge in [-0.15, -0.1) is 0 Å². The van der Waals surface area contributed by atoms with Crippen molar-refractivity contribution < 1.29 is 9.53 Å². The summed E-state index contributed by atoms with van der Waals surface area (Å²) in [6.45, 7) is 2.66. The van der Waals surface area contributed by atoms with E-state index < -0.39 is 0 Å². The van der Waals surface area contributed by atoms with Crippen LogP contribution in [0.15, 0.2) is 53.4 Å². The molecule has 2 rings (SSSR count). The van der Waals surface area contributed by atoms with Gasteiger partial charge in [-0.2, -0.15) is 0 Å². The average molecular weight is 287 g/mol. The minimum atomic E-state index is -0.303. The maximum atomic E-state index is 11.6. The summed E-state index contributed by atoms with van der Waals surface area (Å²) in [6.07, 6.45) is 0. The predicted molar refractivity (Wildman–Crippen MR) is 81.7 cm³/mol. The number of esters is 1. The minimum absolute atomic E-state index is 0.303. The molecule has 0 bridgehead atoms. The van der Waals surface area contributed by atoms with Crippen LogP contribution in [0.3, 0.4) is 0 Å². The quantitative estimate of drug-likeness (QED) is 0.674. The summed E-state index contributed by atoms with van der Waals surface area (Å²) in [5.74, 6) is -0.303. The summed E-state index contributed by atoms with van der Waals surface area (Å²) in [6, 6.07) is 15.7. The van der Waals surface area contributed by atoms with Crippen LogP contribution in [-0.4, -0.2) is 13.1 Å². The number of hydrogen-bond donors (Lipinski definition) is 1. The molecule has 0 radical (unpaired) electrons. The number of carbonyl (C=O) groups is 1. The van der Waals surface area contributed by atoms with Gasteiger partial charge in [0.1, 0.15) is 0 Å². The smallest absolute Gasteiger partial charge is 0.338 e. The molecule has 0 spiro atoms. The summed E-state index contributed by atoms with van der Waals surface area (Å²) < 4.78 is 8.05. The maximum absolute atomic E-state index is 11.6. The van der Waals surface area contributed by atoms with Gasteiger partial charge in [-0.3, -0.25) is 4.72 Å². The Morgan fingerprint density at radius 2 is 1.85 bits per heavy atom. The summed E-state index contributed by atoms with van der Waals surface area (Å²) in [5.41, 5.74) is 2.77. The van der Waals surface area contributed by atoms with E-state index in [-0.39, 0.29) is 5.97 Å². The Balaban J connectivity index is 1.97. The van der Waals surface area contributed by atoms with Crippen LogP contribution < -0.4 is 4.72 Å². The number of aryl methyl sites for hydroxylation is 1. The topological polar surface area (TPSA) is 38.3 Å². The molecule has 0 unspecified atom stereocenters. The van der Waals surface area contributed by atoms with Crippen LogP contribution in [-0.2, 0) is 11.3 Å². The van der Waals surface area contributed by atoms with Gasteiger partial charge in [0, 0.05) is 11.4 Å². The molecule has 0 saturated carbocycles. The molecule has 2 aromatic rings. The number of rotatable bonds is 5. The Kier molecular flexibility index (Phi) is 5.21. The molecule has 0 saturated heterocycles. The lowest BCUT2D eigenvalue weighted by Gasteiger charge is -2.08. The van der Waals surface area contributed by atoms with Gasteiger partial charge in [0.2, 0.25) is 0 Å². The third-order valence-corrected chi connectivity index (χ3v) is 3.69. The molecule has 0 amide bonds. The van der Waals surface area contributed by atoms with Crippen LogP contribution in [0.25, 0.3) is 0 Å². The molecule has 1 N–H and O–H groups in total. The molecule has 104 valence electrons. The van der Waals surface area contributed by atoms with Crippen molar-refractivity contribution in [3.63, 3.8) is 0 Å². The van der Waals surface area contributed by atoms with Gasteiger partial charge in [-0.1, -0.05) is 35.9 Å². The van der Waals surface area contributed by atoms with Gasteiger partial charge in [0.15, 0.2) is 0 Å². The monoisotopic (exact) mass is 287 g/mol. The van der Waals surface area contributed by atoms with E-state index in [2.05, 4.69) is 35.9 Å².